The first-order valence-electron chi connectivity index (χ1n) is 8.40. The number of nitrogens with zero attached hydrogens (tertiary/aromatic N) is 2. The molecule has 0 bridgehead atoms. The number of carbonyl (C=O) groups is 2. The van der Waals surface area contributed by atoms with E-state index >= 15 is 0 Å². The van der Waals surface area contributed by atoms with Crippen LogP contribution in [-0.4, -0.2) is 21.7 Å². The van der Waals surface area contributed by atoms with Crippen LogP contribution in [0.25, 0.3) is 17.4 Å². The predicted octanol–water partition coefficient (Wildman–Crippen LogP) is 3.74. The summed E-state index contributed by atoms with van der Waals surface area (Å²) in [5.41, 5.74) is 4.94. The van der Waals surface area contributed by atoms with E-state index in [-0.39, 0.29) is 11.1 Å². The van der Waals surface area contributed by atoms with Crippen LogP contribution in [0, 0.1) is 25.2 Å². The van der Waals surface area contributed by atoms with Gasteiger partial charge in [-0.1, -0.05) is 12.1 Å². The maximum absolute atomic E-state index is 12.4. The molecule has 7 nitrogen and oxygen atoms in total. The molecule has 7 heteroatoms. The van der Waals surface area contributed by atoms with Crippen LogP contribution >= 0.6 is 0 Å². The van der Waals surface area contributed by atoms with Crippen molar-refractivity contribution >= 4 is 18.0 Å². The minimum Gasteiger partial charge on any atom is -0.478 e. The van der Waals surface area contributed by atoms with Crippen LogP contribution in [0.1, 0.15) is 27.5 Å². The number of benzene rings is 1. The van der Waals surface area contributed by atoms with Gasteiger partial charge in [0, 0.05) is 23.0 Å². The third kappa shape index (κ3) is 3.86. The molecule has 0 aliphatic carbocycles. The summed E-state index contributed by atoms with van der Waals surface area (Å²) >= 11 is 0. The minimum atomic E-state index is -1.03. The maximum Gasteiger partial charge on any atom is 0.335 e. The molecule has 2 heterocycles. The van der Waals surface area contributed by atoms with Crippen LogP contribution in [-0.2, 0) is 4.79 Å². The minimum absolute atomic E-state index is 0.118. The number of rotatable bonds is 5. The van der Waals surface area contributed by atoms with Gasteiger partial charge >= 0.3 is 5.97 Å². The highest BCUT2D eigenvalue weighted by molar-refractivity contribution is 6.06. The van der Waals surface area contributed by atoms with Crippen molar-refractivity contribution in [2.75, 3.05) is 5.43 Å². The largest absolute Gasteiger partial charge is 0.478 e. The second kappa shape index (κ2) is 7.68. The van der Waals surface area contributed by atoms with Gasteiger partial charge in [-0.3, -0.25) is 14.9 Å². The van der Waals surface area contributed by atoms with E-state index in [9.17, 15) is 14.9 Å². The average Bonchev–Trinajstić information content (AvgIpc) is 3.28. The van der Waals surface area contributed by atoms with Crippen molar-refractivity contribution in [3.63, 3.8) is 0 Å². The Bertz CT molecular complexity index is 1110. The lowest BCUT2D eigenvalue weighted by Crippen LogP contribution is -2.25. The Morgan fingerprint density at radius 3 is 2.50 bits per heavy atom. The zero-order valence-electron chi connectivity index (χ0n) is 15.3. The fourth-order valence-electron chi connectivity index (χ4n) is 2.69. The molecule has 0 unspecified atom stereocenters. The Hall–Kier alpha value is -4.05. The Balaban J connectivity index is 1.84. The Labute approximate surface area is 161 Å². The van der Waals surface area contributed by atoms with Gasteiger partial charge in [-0.05, 0) is 50.2 Å². The van der Waals surface area contributed by atoms with Crippen molar-refractivity contribution in [1.29, 1.82) is 5.26 Å². The lowest BCUT2D eigenvalue weighted by molar-refractivity contribution is -0.113. The number of aryl methyl sites for hydroxylation is 2. The van der Waals surface area contributed by atoms with Crippen LogP contribution in [0.2, 0.25) is 0 Å². The van der Waals surface area contributed by atoms with Crippen LogP contribution in [0.15, 0.2) is 58.5 Å². The SMILES string of the molecule is Cc1ccc(C)n1NC(=O)/C(C#N)=C\c1ccc(-c2cccc(C(=O)O)c2)o1. The summed E-state index contributed by atoms with van der Waals surface area (Å²) in [6.07, 6.45) is 1.34. The fraction of sp³-hybridized carbons (Fsp3) is 0.0952. The predicted molar refractivity (Wildman–Crippen MR) is 103 cm³/mol. The van der Waals surface area contributed by atoms with Gasteiger partial charge in [-0.15, -0.1) is 0 Å². The summed E-state index contributed by atoms with van der Waals surface area (Å²) in [4.78, 5) is 23.5. The van der Waals surface area contributed by atoms with E-state index in [1.807, 2.05) is 32.0 Å². The summed E-state index contributed by atoms with van der Waals surface area (Å²) in [5, 5.41) is 18.4. The quantitative estimate of drug-likeness (QED) is 0.522. The van der Waals surface area contributed by atoms with E-state index in [2.05, 4.69) is 5.43 Å². The Morgan fingerprint density at radius 1 is 1.14 bits per heavy atom. The molecule has 0 saturated heterocycles. The van der Waals surface area contributed by atoms with Gasteiger partial charge in [0.15, 0.2) is 0 Å². The molecule has 0 saturated carbocycles. The molecule has 0 aliphatic rings. The van der Waals surface area contributed by atoms with E-state index in [0.29, 0.717) is 17.1 Å². The number of aromatic carboxylic acids is 1. The second-order valence-electron chi connectivity index (χ2n) is 6.15. The number of hydrogen-bond donors (Lipinski definition) is 2. The van der Waals surface area contributed by atoms with Crippen molar-refractivity contribution in [3.05, 3.63) is 76.8 Å². The van der Waals surface area contributed by atoms with Gasteiger partial charge in [-0.25, -0.2) is 4.79 Å². The average molecular weight is 375 g/mol. The van der Waals surface area contributed by atoms with Gasteiger partial charge in [0.05, 0.1) is 5.56 Å². The fourth-order valence-corrected chi connectivity index (χ4v) is 2.69. The van der Waals surface area contributed by atoms with Crippen molar-refractivity contribution in [1.82, 2.24) is 4.68 Å². The van der Waals surface area contributed by atoms with Gasteiger partial charge in [-0.2, -0.15) is 5.26 Å². The standard InChI is InChI=1S/C21H17N3O4/c1-13-6-7-14(2)24(13)23-20(25)17(12-22)11-18-8-9-19(28-18)15-4-3-5-16(10-15)21(26)27/h3-11H,1-2H3,(H,23,25)(H,26,27)/b17-11-. The molecule has 1 aromatic carbocycles. The zero-order chi connectivity index (χ0) is 20.3. The molecule has 0 aliphatic heterocycles. The highest BCUT2D eigenvalue weighted by Crippen LogP contribution is 2.24. The number of carbonyl (C=O) groups excluding carboxylic acids is 1. The first kappa shape index (κ1) is 18.7. The van der Waals surface area contributed by atoms with Gasteiger partial charge in [0.1, 0.15) is 23.2 Å². The van der Waals surface area contributed by atoms with Crippen LogP contribution in [0.3, 0.4) is 0 Å². The van der Waals surface area contributed by atoms with E-state index < -0.39 is 11.9 Å². The highest BCUT2D eigenvalue weighted by atomic mass is 16.4. The van der Waals surface area contributed by atoms with Crippen LogP contribution in [0.5, 0.6) is 0 Å². The number of hydrogen-bond acceptors (Lipinski definition) is 4. The number of nitrogens with one attached hydrogen (secondary N) is 1. The topological polar surface area (TPSA) is 108 Å². The molecule has 1 amide bonds. The number of aromatic nitrogens is 1. The molecule has 140 valence electrons. The number of amides is 1. The third-order valence-corrected chi connectivity index (χ3v) is 4.16. The number of carboxylic acid groups (broad SMARTS) is 1. The summed E-state index contributed by atoms with van der Waals surface area (Å²) in [6, 6.07) is 15.2. The van der Waals surface area contributed by atoms with Crippen molar-refractivity contribution in [3.8, 4) is 17.4 Å². The molecule has 28 heavy (non-hydrogen) atoms. The molecule has 0 spiro atoms. The monoisotopic (exact) mass is 375 g/mol. The number of nitriles is 1. The molecule has 0 radical (unpaired) electrons. The summed E-state index contributed by atoms with van der Waals surface area (Å²) in [5.74, 6) is -0.851. The highest BCUT2D eigenvalue weighted by Gasteiger charge is 2.13. The Kier molecular flexibility index (Phi) is 5.14. The number of carboxylic acids is 1. The van der Waals surface area contributed by atoms with Crippen molar-refractivity contribution < 1.29 is 19.1 Å². The van der Waals surface area contributed by atoms with Gasteiger partial charge in [0.2, 0.25) is 0 Å². The van der Waals surface area contributed by atoms with E-state index in [1.54, 1.807) is 28.9 Å². The molecule has 2 N–H and O–H groups in total. The molecular weight excluding hydrogens is 358 g/mol. The summed E-state index contributed by atoms with van der Waals surface area (Å²) < 4.78 is 7.26. The Morgan fingerprint density at radius 2 is 1.86 bits per heavy atom. The van der Waals surface area contributed by atoms with Crippen LogP contribution in [0.4, 0.5) is 0 Å². The zero-order valence-corrected chi connectivity index (χ0v) is 15.3. The molecule has 0 fully saturated rings. The smallest absolute Gasteiger partial charge is 0.335 e. The van der Waals surface area contributed by atoms with Gasteiger partial charge < -0.3 is 9.52 Å². The lowest BCUT2D eigenvalue weighted by Gasteiger charge is -2.10. The van der Waals surface area contributed by atoms with Gasteiger partial charge in [0.25, 0.3) is 5.91 Å². The number of furan rings is 1. The second-order valence-corrected chi connectivity index (χ2v) is 6.15. The molecule has 3 rings (SSSR count). The molecule has 3 aromatic rings. The van der Waals surface area contributed by atoms with Crippen molar-refractivity contribution in [2.45, 2.75) is 13.8 Å². The molecule has 2 aromatic heterocycles. The summed E-state index contributed by atoms with van der Waals surface area (Å²) in [7, 11) is 0. The van der Waals surface area contributed by atoms with Crippen LogP contribution < -0.4 is 5.43 Å². The molecule has 0 atom stereocenters. The van der Waals surface area contributed by atoms with E-state index in [1.165, 1.54) is 18.2 Å². The van der Waals surface area contributed by atoms with E-state index in [4.69, 9.17) is 9.52 Å². The third-order valence-electron chi connectivity index (χ3n) is 4.16. The normalized spacial score (nSPS) is 11.1. The first-order chi connectivity index (χ1) is 13.4. The first-order valence-corrected chi connectivity index (χ1v) is 8.40. The van der Waals surface area contributed by atoms with Crippen molar-refractivity contribution in [2.24, 2.45) is 0 Å². The lowest BCUT2D eigenvalue weighted by atomic mass is 10.1. The summed E-state index contributed by atoms with van der Waals surface area (Å²) in [6.45, 7) is 3.68. The molecular formula is C21H17N3O4. The maximum atomic E-state index is 12.4. The van der Waals surface area contributed by atoms with E-state index in [0.717, 1.165) is 11.4 Å².